The van der Waals surface area contributed by atoms with Crippen LogP contribution < -0.4 is 10.5 Å². The van der Waals surface area contributed by atoms with Crippen LogP contribution in [0.5, 0.6) is 0 Å². The Morgan fingerprint density at radius 2 is 1.72 bits per heavy atom. The molecule has 1 fully saturated rings. The first-order valence-electron chi connectivity index (χ1n) is 9.48. The SMILES string of the molecule is C=Cc1cc(C=O)cc(-c2cc(N3CCCC3)c(=O)n(-c3ccccc3Cl)n2)c1. The van der Waals surface area contributed by atoms with Crippen LogP contribution in [-0.4, -0.2) is 29.2 Å². The quantitative estimate of drug-likeness (QED) is 0.582. The molecule has 0 amide bonds. The Kier molecular flexibility index (Phi) is 5.32. The maximum atomic E-state index is 13.3. The van der Waals surface area contributed by atoms with Gasteiger partial charge in [0.1, 0.15) is 12.0 Å². The highest BCUT2D eigenvalue weighted by Gasteiger charge is 2.20. The molecule has 29 heavy (non-hydrogen) atoms. The summed E-state index contributed by atoms with van der Waals surface area (Å²) in [5, 5.41) is 5.04. The van der Waals surface area contributed by atoms with Crippen molar-refractivity contribution in [1.29, 1.82) is 0 Å². The number of anilines is 1. The van der Waals surface area contributed by atoms with E-state index in [-0.39, 0.29) is 5.56 Å². The third kappa shape index (κ3) is 3.74. The molecule has 1 aromatic heterocycles. The monoisotopic (exact) mass is 405 g/mol. The molecule has 0 unspecified atom stereocenters. The molecule has 1 aliphatic rings. The van der Waals surface area contributed by atoms with Crippen molar-refractivity contribution >= 4 is 29.7 Å². The van der Waals surface area contributed by atoms with Crippen molar-refractivity contribution in [3.8, 4) is 16.9 Å². The summed E-state index contributed by atoms with van der Waals surface area (Å²) in [6, 6.07) is 14.4. The molecule has 0 atom stereocenters. The fourth-order valence-electron chi connectivity index (χ4n) is 3.60. The van der Waals surface area contributed by atoms with Crippen molar-refractivity contribution < 1.29 is 4.79 Å². The summed E-state index contributed by atoms with van der Waals surface area (Å²) >= 11 is 6.36. The van der Waals surface area contributed by atoms with Gasteiger partial charge in [0, 0.05) is 24.2 Å². The molecule has 4 rings (SSSR count). The van der Waals surface area contributed by atoms with Gasteiger partial charge >= 0.3 is 0 Å². The van der Waals surface area contributed by atoms with Gasteiger partial charge in [-0.1, -0.05) is 36.4 Å². The number of nitrogens with zero attached hydrogens (tertiary/aromatic N) is 3. The smallest absolute Gasteiger partial charge is 0.295 e. The van der Waals surface area contributed by atoms with Crippen LogP contribution in [0.4, 0.5) is 5.69 Å². The number of hydrogen-bond donors (Lipinski definition) is 0. The van der Waals surface area contributed by atoms with E-state index in [0.717, 1.165) is 43.3 Å². The van der Waals surface area contributed by atoms with Gasteiger partial charge < -0.3 is 4.90 Å². The van der Waals surface area contributed by atoms with Crippen molar-refractivity contribution in [1.82, 2.24) is 9.78 Å². The lowest BCUT2D eigenvalue weighted by molar-refractivity contribution is 0.112. The minimum Gasteiger partial charge on any atom is -0.367 e. The molecule has 0 saturated carbocycles. The lowest BCUT2D eigenvalue weighted by atomic mass is 10.0. The number of aromatic nitrogens is 2. The minimum absolute atomic E-state index is 0.209. The standard InChI is InChI=1S/C23H20ClN3O2/c1-2-16-11-17(15-28)13-18(12-16)20-14-22(26-9-5-6-10-26)23(29)27(25-20)21-8-4-3-7-19(21)24/h2-4,7-8,11-15H,1,5-6,9-10H2. The first kappa shape index (κ1) is 19.2. The number of carbonyl (C=O) groups excluding carboxylic acids is 1. The van der Waals surface area contributed by atoms with Gasteiger partial charge in [0.2, 0.25) is 0 Å². The number of carbonyl (C=O) groups is 1. The van der Waals surface area contributed by atoms with Gasteiger partial charge in [-0.05, 0) is 54.8 Å². The zero-order valence-corrected chi connectivity index (χ0v) is 16.6. The van der Waals surface area contributed by atoms with E-state index in [2.05, 4.69) is 16.6 Å². The Hall–Kier alpha value is -3.18. The van der Waals surface area contributed by atoms with E-state index in [1.807, 2.05) is 18.2 Å². The molecule has 1 saturated heterocycles. The van der Waals surface area contributed by atoms with Crippen LogP contribution in [0.1, 0.15) is 28.8 Å². The summed E-state index contributed by atoms with van der Waals surface area (Å²) in [7, 11) is 0. The fourth-order valence-corrected chi connectivity index (χ4v) is 3.82. The number of rotatable bonds is 5. The maximum absolute atomic E-state index is 13.3. The second-order valence-corrected chi connectivity index (χ2v) is 7.39. The van der Waals surface area contributed by atoms with Crippen molar-refractivity contribution in [3.63, 3.8) is 0 Å². The molecule has 0 N–H and O–H groups in total. The van der Waals surface area contributed by atoms with E-state index in [0.29, 0.717) is 27.7 Å². The summed E-state index contributed by atoms with van der Waals surface area (Å²) in [6.07, 6.45) is 4.57. The molecule has 2 aromatic carbocycles. The van der Waals surface area contributed by atoms with E-state index in [9.17, 15) is 9.59 Å². The number of hydrogen-bond acceptors (Lipinski definition) is 4. The highest BCUT2D eigenvalue weighted by Crippen LogP contribution is 2.27. The van der Waals surface area contributed by atoms with Crippen LogP contribution in [0.25, 0.3) is 23.0 Å². The predicted octanol–water partition coefficient (Wildman–Crippen LogP) is 4.61. The zero-order valence-electron chi connectivity index (χ0n) is 15.8. The average Bonchev–Trinajstić information content (AvgIpc) is 3.28. The molecular weight excluding hydrogens is 386 g/mol. The third-order valence-corrected chi connectivity index (χ3v) is 5.38. The molecule has 0 aliphatic carbocycles. The first-order valence-corrected chi connectivity index (χ1v) is 9.86. The Morgan fingerprint density at radius 3 is 2.41 bits per heavy atom. The molecule has 0 bridgehead atoms. The maximum Gasteiger partial charge on any atom is 0.295 e. The largest absolute Gasteiger partial charge is 0.367 e. The van der Waals surface area contributed by atoms with Gasteiger partial charge in [-0.15, -0.1) is 0 Å². The normalized spacial score (nSPS) is 13.5. The number of aldehydes is 1. The molecule has 1 aliphatic heterocycles. The van der Waals surface area contributed by atoms with Crippen LogP contribution in [-0.2, 0) is 0 Å². The fraction of sp³-hybridized carbons (Fsp3) is 0.174. The van der Waals surface area contributed by atoms with E-state index in [1.54, 1.807) is 36.4 Å². The zero-order chi connectivity index (χ0) is 20.4. The highest BCUT2D eigenvalue weighted by molar-refractivity contribution is 6.32. The summed E-state index contributed by atoms with van der Waals surface area (Å²) in [5.41, 5.74) is 3.58. The van der Waals surface area contributed by atoms with E-state index in [1.165, 1.54) is 4.68 Å². The summed E-state index contributed by atoms with van der Waals surface area (Å²) in [5.74, 6) is 0. The Balaban J connectivity index is 1.98. The van der Waals surface area contributed by atoms with Crippen molar-refractivity contribution in [2.45, 2.75) is 12.8 Å². The average molecular weight is 406 g/mol. The molecule has 0 radical (unpaired) electrons. The Labute approximate surface area is 173 Å². The van der Waals surface area contributed by atoms with Crippen LogP contribution in [0, 0.1) is 0 Å². The van der Waals surface area contributed by atoms with Crippen molar-refractivity contribution in [2.24, 2.45) is 0 Å². The van der Waals surface area contributed by atoms with Crippen LogP contribution in [0.3, 0.4) is 0 Å². The van der Waals surface area contributed by atoms with E-state index < -0.39 is 0 Å². The van der Waals surface area contributed by atoms with Gasteiger partial charge in [-0.2, -0.15) is 9.78 Å². The van der Waals surface area contributed by atoms with Gasteiger partial charge in [0.05, 0.1) is 16.4 Å². The Bertz CT molecular complexity index is 1120. The molecule has 146 valence electrons. The molecule has 6 heteroatoms. The lowest BCUT2D eigenvalue weighted by Crippen LogP contribution is -2.31. The number of benzene rings is 2. The molecule has 3 aromatic rings. The highest BCUT2D eigenvalue weighted by atomic mass is 35.5. The summed E-state index contributed by atoms with van der Waals surface area (Å²) in [4.78, 5) is 26.7. The topological polar surface area (TPSA) is 55.2 Å². The third-order valence-electron chi connectivity index (χ3n) is 5.07. The van der Waals surface area contributed by atoms with E-state index in [4.69, 9.17) is 11.6 Å². The van der Waals surface area contributed by atoms with Gasteiger partial charge in [-0.25, -0.2) is 0 Å². The summed E-state index contributed by atoms with van der Waals surface area (Å²) in [6.45, 7) is 5.45. The number of para-hydroxylation sites is 1. The van der Waals surface area contributed by atoms with Crippen LogP contribution in [0.2, 0.25) is 5.02 Å². The van der Waals surface area contributed by atoms with Gasteiger partial charge in [-0.3, -0.25) is 9.59 Å². The minimum atomic E-state index is -0.209. The van der Waals surface area contributed by atoms with Gasteiger partial charge in [0.25, 0.3) is 5.56 Å². The first-order chi connectivity index (χ1) is 14.1. The van der Waals surface area contributed by atoms with Crippen LogP contribution in [0.15, 0.2) is 59.9 Å². The molecule has 5 nitrogen and oxygen atoms in total. The Morgan fingerprint density at radius 1 is 1.00 bits per heavy atom. The molecule has 0 spiro atoms. The van der Waals surface area contributed by atoms with Crippen LogP contribution >= 0.6 is 11.6 Å². The lowest BCUT2D eigenvalue weighted by Gasteiger charge is -2.19. The number of halogens is 1. The predicted molar refractivity (Wildman–Crippen MR) is 117 cm³/mol. The molecular formula is C23H20ClN3O2. The van der Waals surface area contributed by atoms with Crippen molar-refractivity contribution in [2.75, 3.05) is 18.0 Å². The second kappa shape index (κ2) is 8.05. The summed E-state index contributed by atoms with van der Waals surface area (Å²) < 4.78 is 1.35. The van der Waals surface area contributed by atoms with E-state index >= 15 is 0 Å². The van der Waals surface area contributed by atoms with Gasteiger partial charge in [0.15, 0.2) is 0 Å². The molecule has 2 heterocycles. The second-order valence-electron chi connectivity index (χ2n) is 6.99. The van der Waals surface area contributed by atoms with Crippen molar-refractivity contribution in [3.05, 3.63) is 81.6 Å².